The molecule has 1 fully saturated rings. The van der Waals surface area contributed by atoms with Gasteiger partial charge in [-0.3, -0.25) is 19.3 Å². The van der Waals surface area contributed by atoms with Gasteiger partial charge in [0.05, 0.1) is 6.04 Å². The molecule has 1 aliphatic heterocycles. The van der Waals surface area contributed by atoms with E-state index >= 15 is 0 Å². The van der Waals surface area contributed by atoms with Gasteiger partial charge in [0.25, 0.3) is 0 Å². The molecule has 2 atom stereocenters. The second-order valence-corrected chi connectivity index (χ2v) is 11.0. The Kier molecular flexibility index (Phi) is 9.66. The molecule has 1 saturated heterocycles. The quantitative estimate of drug-likeness (QED) is 0.299. The van der Waals surface area contributed by atoms with E-state index in [0.717, 1.165) is 37.9 Å². The normalized spacial score (nSPS) is 17.2. The van der Waals surface area contributed by atoms with E-state index in [1.807, 2.05) is 57.2 Å². The van der Waals surface area contributed by atoms with Crippen LogP contribution in [0, 0.1) is 0 Å². The summed E-state index contributed by atoms with van der Waals surface area (Å²) in [6.07, 6.45) is 2.88. The zero-order valence-corrected chi connectivity index (χ0v) is 21.7. The zero-order valence-electron chi connectivity index (χ0n) is 20.9. The maximum atomic E-state index is 12.9. The number of hydrogen-bond acceptors (Lipinski definition) is 7. The fraction of sp³-hybridized carbons (Fsp3) is 0.464. The smallest absolute Gasteiger partial charge is 0.323 e. The first-order chi connectivity index (χ1) is 16.7. The summed E-state index contributed by atoms with van der Waals surface area (Å²) in [6.45, 7) is 7.26. The van der Waals surface area contributed by atoms with E-state index in [1.54, 1.807) is 18.2 Å². The van der Waals surface area contributed by atoms with Crippen LogP contribution in [0.1, 0.15) is 61.5 Å². The Hall–Kier alpha value is -2.48. The Balaban J connectivity index is 1.48. The third kappa shape index (κ3) is 8.02. The number of nitrogens with zero attached hydrogens (tertiary/aromatic N) is 1. The number of thioether (sulfide) groups is 1. The summed E-state index contributed by atoms with van der Waals surface area (Å²) in [6, 6.07) is 15.5. The molecule has 3 rings (SSSR count). The monoisotopic (exact) mass is 496 g/mol. The molecular formula is C28H36N2O4S. The van der Waals surface area contributed by atoms with Gasteiger partial charge in [0.15, 0.2) is 5.78 Å². The maximum absolute atomic E-state index is 12.9. The first-order valence-corrected chi connectivity index (χ1v) is 13.2. The van der Waals surface area contributed by atoms with Crippen LogP contribution in [0.3, 0.4) is 0 Å². The molecule has 6 nitrogen and oxygen atoms in total. The first kappa shape index (κ1) is 27.1. The van der Waals surface area contributed by atoms with Crippen molar-refractivity contribution in [3.63, 3.8) is 0 Å². The van der Waals surface area contributed by atoms with Crippen molar-refractivity contribution in [1.82, 2.24) is 4.90 Å². The molecular weight excluding hydrogens is 460 g/mol. The van der Waals surface area contributed by atoms with Crippen LogP contribution < -0.4 is 5.73 Å². The summed E-state index contributed by atoms with van der Waals surface area (Å²) in [4.78, 5) is 40.3. The number of ketones is 1. The largest absolute Gasteiger partial charge is 0.459 e. The van der Waals surface area contributed by atoms with E-state index in [2.05, 4.69) is 4.90 Å². The lowest BCUT2D eigenvalue weighted by Gasteiger charge is -2.27. The van der Waals surface area contributed by atoms with E-state index in [1.165, 1.54) is 11.8 Å². The Bertz CT molecular complexity index is 1020. The average Bonchev–Trinajstić information content (AvgIpc) is 3.30. The predicted molar refractivity (Wildman–Crippen MR) is 141 cm³/mol. The molecule has 1 aliphatic rings. The minimum atomic E-state index is -0.689. The number of ether oxygens (including phenoxy) is 1. The lowest BCUT2D eigenvalue weighted by Crippen LogP contribution is -2.41. The third-order valence-electron chi connectivity index (χ3n) is 5.92. The molecule has 0 saturated carbocycles. The van der Waals surface area contributed by atoms with Gasteiger partial charge in [-0.25, -0.2) is 0 Å². The van der Waals surface area contributed by atoms with E-state index in [4.69, 9.17) is 10.5 Å². The third-order valence-corrected chi connectivity index (χ3v) is 7.00. The standard InChI is InChI=1S/C28H36N2O4S/c1-28(2,3)34-26(32)24-15-9-16-30(24)17-10-18-35-27(33)23(29)19-21-13-7-8-14-22(21)25(31)20-11-5-4-6-12-20/h4-8,11-14,23-24H,9-10,15-19,29H2,1-3H3/t23-,24-/m0/s1. The number of carbonyl (C=O) groups excluding carboxylic acids is 3. The summed E-state index contributed by atoms with van der Waals surface area (Å²) in [7, 11) is 0. The summed E-state index contributed by atoms with van der Waals surface area (Å²) in [5, 5.41) is -0.0860. The average molecular weight is 497 g/mol. The van der Waals surface area contributed by atoms with Crippen LogP contribution in [0.15, 0.2) is 54.6 Å². The molecule has 0 radical (unpaired) electrons. The summed E-state index contributed by atoms with van der Waals surface area (Å²) in [5.41, 5.74) is 7.70. The van der Waals surface area contributed by atoms with E-state index < -0.39 is 11.6 Å². The van der Waals surface area contributed by atoms with Gasteiger partial charge in [-0.15, -0.1) is 0 Å². The number of rotatable bonds is 10. The number of carbonyl (C=O) groups is 3. The second kappa shape index (κ2) is 12.5. The topological polar surface area (TPSA) is 89.7 Å². The SMILES string of the molecule is CC(C)(C)OC(=O)[C@@H]1CCCN1CCCSC(=O)[C@@H](N)Cc1ccccc1C(=O)c1ccccc1. The molecule has 0 aromatic heterocycles. The molecule has 188 valence electrons. The Morgan fingerprint density at radius 1 is 1.09 bits per heavy atom. The molecule has 2 aromatic carbocycles. The molecule has 0 bridgehead atoms. The minimum Gasteiger partial charge on any atom is -0.459 e. The summed E-state index contributed by atoms with van der Waals surface area (Å²) in [5.74, 6) is 0.400. The van der Waals surface area contributed by atoms with Crippen LogP contribution >= 0.6 is 11.8 Å². The zero-order chi connectivity index (χ0) is 25.4. The van der Waals surface area contributed by atoms with Crippen molar-refractivity contribution in [3.8, 4) is 0 Å². The van der Waals surface area contributed by atoms with Crippen molar-refractivity contribution in [2.75, 3.05) is 18.8 Å². The van der Waals surface area contributed by atoms with Crippen molar-refractivity contribution in [2.45, 2.75) is 64.1 Å². The van der Waals surface area contributed by atoms with Crippen LogP contribution in [0.25, 0.3) is 0 Å². The Morgan fingerprint density at radius 2 is 1.77 bits per heavy atom. The molecule has 35 heavy (non-hydrogen) atoms. The highest BCUT2D eigenvalue weighted by atomic mass is 32.2. The molecule has 7 heteroatoms. The van der Waals surface area contributed by atoms with E-state index in [-0.39, 0.29) is 22.9 Å². The first-order valence-electron chi connectivity index (χ1n) is 12.2. The van der Waals surface area contributed by atoms with Gasteiger partial charge in [0, 0.05) is 16.9 Å². The van der Waals surface area contributed by atoms with Gasteiger partial charge in [0.2, 0.25) is 5.12 Å². The summed E-state index contributed by atoms with van der Waals surface area (Å²) < 4.78 is 5.56. The number of nitrogens with two attached hydrogens (primary N) is 1. The van der Waals surface area contributed by atoms with Gasteiger partial charge < -0.3 is 10.5 Å². The van der Waals surface area contributed by atoms with Crippen molar-refractivity contribution in [3.05, 3.63) is 71.3 Å². The highest BCUT2D eigenvalue weighted by Gasteiger charge is 2.33. The van der Waals surface area contributed by atoms with Crippen LogP contribution in [0.5, 0.6) is 0 Å². The van der Waals surface area contributed by atoms with E-state index in [9.17, 15) is 14.4 Å². The number of benzene rings is 2. The van der Waals surface area contributed by atoms with Crippen molar-refractivity contribution in [2.24, 2.45) is 5.73 Å². The molecule has 0 aliphatic carbocycles. The lowest BCUT2D eigenvalue weighted by molar-refractivity contribution is -0.160. The lowest BCUT2D eigenvalue weighted by atomic mass is 9.95. The predicted octanol–water partition coefficient (Wildman–Crippen LogP) is 4.24. The molecule has 2 N–H and O–H groups in total. The van der Waals surface area contributed by atoms with Crippen LogP contribution in [-0.2, 0) is 20.7 Å². The highest BCUT2D eigenvalue weighted by Crippen LogP contribution is 2.22. The van der Waals surface area contributed by atoms with Gasteiger partial charge in [-0.2, -0.15) is 0 Å². The van der Waals surface area contributed by atoms with Crippen LogP contribution in [-0.4, -0.2) is 58.3 Å². The van der Waals surface area contributed by atoms with Crippen LogP contribution in [0.2, 0.25) is 0 Å². The number of hydrogen-bond donors (Lipinski definition) is 1. The van der Waals surface area contributed by atoms with Gasteiger partial charge >= 0.3 is 5.97 Å². The van der Waals surface area contributed by atoms with Crippen LogP contribution in [0.4, 0.5) is 0 Å². The molecule has 0 spiro atoms. The van der Waals surface area contributed by atoms with Gasteiger partial charge in [-0.05, 0) is 65.1 Å². The van der Waals surface area contributed by atoms with Crippen molar-refractivity contribution >= 4 is 28.6 Å². The fourth-order valence-electron chi connectivity index (χ4n) is 4.26. The Morgan fingerprint density at radius 3 is 2.49 bits per heavy atom. The second-order valence-electron chi connectivity index (χ2n) is 9.91. The highest BCUT2D eigenvalue weighted by molar-refractivity contribution is 8.13. The molecule has 1 heterocycles. The van der Waals surface area contributed by atoms with Gasteiger partial charge in [-0.1, -0.05) is 66.4 Å². The summed E-state index contributed by atoms with van der Waals surface area (Å²) >= 11 is 1.23. The van der Waals surface area contributed by atoms with E-state index in [0.29, 0.717) is 23.3 Å². The number of likely N-dealkylation sites (tertiary alicyclic amines) is 1. The molecule has 0 amide bonds. The number of esters is 1. The van der Waals surface area contributed by atoms with Crippen molar-refractivity contribution in [1.29, 1.82) is 0 Å². The van der Waals surface area contributed by atoms with Gasteiger partial charge in [0.1, 0.15) is 11.6 Å². The molecule has 2 aromatic rings. The fourth-order valence-corrected chi connectivity index (χ4v) is 5.04. The van der Waals surface area contributed by atoms with Crippen molar-refractivity contribution < 1.29 is 19.1 Å². The minimum absolute atomic E-state index is 0.0707. The molecule has 0 unspecified atom stereocenters. The maximum Gasteiger partial charge on any atom is 0.323 e. The Labute approximate surface area is 212 Å².